The molecule has 4 aromatic rings. The van der Waals surface area contributed by atoms with Gasteiger partial charge in [-0.3, -0.25) is 4.79 Å². The molecule has 5 rings (SSSR count). The van der Waals surface area contributed by atoms with Crippen LogP contribution in [0.15, 0.2) is 70.0 Å². The van der Waals surface area contributed by atoms with Gasteiger partial charge >= 0.3 is 0 Å². The number of hydrogen-bond donors (Lipinski definition) is 0. The molecule has 0 fully saturated rings. The molecule has 0 saturated heterocycles. The molecule has 0 spiro atoms. The van der Waals surface area contributed by atoms with Gasteiger partial charge in [-0.1, -0.05) is 29.3 Å². The lowest BCUT2D eigenvalue weighted by molar-refractivity contribution is 0.101. The van der Waals surface area contributed by atoms with Crippen LogP contribution >= 0.6 is 11.6 Å². The second-order valence-corrected chi connectivity index (χ2v) is 10.9. The van der Waals surface area contributed by atoms with Crippen molar-refractivity contribution in [3.05, 3.63) is 93.7 Å². The van der Waals surface area contributed by atoms with Crippen molar-refractivity contribution >= 4 is 44.2 Å². The Morgan fingerprint density at radius 2 is 1.68 bits per heavy atom. The normalized spacial score (nSPS) is 13.6. The van der Waals surface area contributed by atoms with Crippen molar-refractivity contribution in [2.45, 2.75) is 44.4 Å². The number of fused-ring (bicyclic) bond motifs is 3. The number of anilines is 1. The zero-order chi connectivity index (χ0) is 24.0. The van der Waals surface area contributed by atoms with E-state index in [0.717, 1.165) is 52.3 Å². The molecular formula is C27H24ClNO4S. The summed E-state index contributed by atoms with van der Waals surface area (Å²) >= 11 is 6.14. The molecule has 0 bridgehead atoms. The van der Waals surface area contributed by atoms with E-state index in [2.05, 4.69) is 0 Å². The minimum Gasteiger partial charge on any atom is -0.461 e. The van der Waals surface area contributed by atoms with Crippen molar-refractivity contribution in [2.75, 3.05) is 4.31 Å². The van der Waals surface area contributed by atoms with Gasteiger partial charge in [0, 0.05) is 28.0 Å². The highest BCUT2D eigenvalue weighted by molar-refractivity contribution is 7.93. The summed E-state index contributed by atoms with van der Waals surface area (Å²) in [4.78, 5) is 13.7. The van der Waals surface area contributed by atoms with Gasteiger partial charge in [0.1, 0.15) is 11.3 Å². The van der Waals surface area contributed by atoms with E-state index in [1.165, 1.54) is 18.2 Å². The first kappa shape index (κ1) is 22.7. The molecule has 0 aliphatic heterocycles. The fourth-order valence-electron chi connectivity index (χ4n) is 4.44. The van der Waals surface area contributed by atoms with Crippen molar-refractivity contribution in [2.24, 2.45) is 0 Å². The number of benzene rings is 3. The Morgan fingerprint density at radius 3 is 2.41 bits per heavy atom. The van der Waals surface area contributed by atoms with Crippen LogP contribution in [0.25, 0.3) is 11.0 Å². The van der Waals surface area contributed by atoms with Gasteiger partial charge in [-0.25, -0.2) is 8.42 Å². The summed E-state index contributed by atoms with van der Waals surface area (Å²) in [5, 5.41) is 1.32. The third-order valence-corrected chi connectivity index (χ3v) is 8.45. The number of hydrogen-bond acceptors (Lipinski definition) is 4. The van der Waals surface area contributed by atoms with Gasteiger partial charge in [-0.2, -0.15) is 4.31 Å². The zero-order valence-electron chi connectivity index (χ0n) is 19.0. The fraction of sp³-hybridized carbons (Fsp3) is 0.222. The lowest BCUT2D eigenvalue weighted by atomic mass is 9.96. The van der Waals surface area contributed by atoms with Gasteiger partial charge in [0.2, 0.25) is 0 Å². The Morgan fingerprint density at radius 1 is 0.941 bits per heavy atom. The Balaban J connectivity index is 1.70. The quantitative estimate of drug-likeness (QED) is 0.320. The number of nitrogens with zero attached hydrogens (tertiary/aromatic N) is 1. The summed E-state index contributed by atoms with van der Waals surface area (Å²) < 4.78 is 34.7. The third-order valence-electron chi connectivity index (χ3n) is 6.32. The topological polar surface area (TPSA) is 67.6 Å². The van der Waals surface area contributed by atoms with Crippen LogP contribution in [0.5, 0.6) is 0 Å². The van der Waals surface area contributed by atoms with Crippen molar-refractivity contribution in [3.63, 3.8) is 0 Å². The molecule has 0 atom stereocenters. The summed E-state index contributed by atoms with van der Waals surface area (Å²) in [5.74, 6) is 0.329. The average molecular weight is 494 g/mol. The molecule has 1 aromatic heterocycles. The lowest BCUT2D eigenvalue weighted by Gasteiger charge is -2.23. The minimum absolute atomic E-state index is 0.00387. The van der Waals surface area contributed by atoms with E-state index in [-0.39, 0.29) is 16.1 Å². The third kappa shape index (κ3) is 3.91. The van der Waals surface area contributed by atoms with E-state index in [1.54, 1.807) is 49.4 Å². The van der Waals surface area contributed by atoms with Crippen LogP contribution in [-0.2, 0) is 22.9 Å². The first-order chi connectivity index (χ1) is 16.3. The molecule has 34 heavy (non-hydrogen) atoms. The van der Waals surface area contributed by atoms with E-state index in [0.29, 0.717) is 16.2 Å². The number of amides is 1. The summed E-state index contributed by atoms with van der Waals surface area (Å²) in [5.41, 5.74) is 3.97. The van der Waals surface area contributed by atoms with Crippen LogP contribution in [0, 0.1) is 13.8 Å². The maximum absolute atomic E-state index is 13.9. The zero-order valence-corrected chi connectivity index (χ0v) is 20.5. The Hall–Kier alpha value is -3.09. The van der Waals surface area contributed by atoms with Crippen LogP contribution in [0.1, 0.15) is 45.7 Å². The molecule has 7 heteroatoms. The molecule has 0 saturated carbocycles. The number of furan rings is 1. The number of carbonyl (C=O) groups excluding carboxylic acids is 1. The molecule has 0 unspecified atom stereocenters. The van der Waals surface area contributed by atoms with Crippen molar-refractivity contribution in [1.82, 2.24) is 0 Å². The van der Waals surface area contributed by atoms with Gasteiger partial charge in [0.05, 0.1) is 10.6 Å². The predicted molar refractivity (Wildman–Crippen MR) is 134 cm³/mol. The van der Waals surface area contributed by atoms with Gasteiger partial charge in [0.25, 0.3) is 15.9 Å². The molecule has 3 aromatic carbocycles. The molecule has 174 valence electrons. The second-order valence-electron chi connectivity index (χ2n) is 8.74. The predicted octanol–water partition coefficient (Wildman–Crippen LogP) is 6.62. The largest absolute Gasteiger partial charge is 0.461 e. The molecular weight excluding hydrogens is 470 g/mol. The SMILES string of the molecule is Cc1ccc(C(=O)N(c2ccc3oc4c(c3c2)CCCC4)S(=O)(=O)c2ccc(Cl)c(C)c2)cc1. The van der Waals surface area contributed by atoms with Crippen LogP contribution < -0.4 is 4.31 Å². The highest BCUT2D eigenvalue weighted by atomic mass is 35.5. The Labute approximate surface area is 204 Å². The standard InChI is InChI=1S/C27H24ClNO4S/c1-17-7-9-19(10-8-17)27(30)29(34(31,32)21-12-13-24(28)18(2)15-21)20-11-14-26-23(16-20)22-5-3-4-6-25(22)33-26/h7-16H,3-6H2,1-2H3. The lowest BCUT2D eigenvalue weighted by Crippen LogP contribution is -2.37. The van der Waals surface area contributed by atoms with Crippen molar-refractivity contribution < 1.29 is 17.6 Å². The molecule has 0 radical (unpaired) electrons. The number of sulfonamides is 1. The van der Waals surface area contributed by atoms with E-state index >= 15 is 0 Å². The highest BCUT2D eigenvalue weighted by Crippen LogP contribution is 2.36. The first-order valence-electron chi connectivity index (χ1n) is 11.2. The maximum Gasteiger partial charge on any atom is 0.272 e. The van der Waals surface area contributed by atoms with Crippen molar-refractivity contribution in [1.29, 1.82) is 0 Å². The number of rotatable bonds is 4. The molecule has 5 nitrogen and oxygen atoms in total. The smallest absolute Gasteiger partial charge is 0.272 e. The highest BCUT2D eigenvalue weighted by Gasteiger charge is 2.33. The number of halogens is 1. The van der Waals surface area contributed by atoms with E-state index in [9.17, 15) is 13.2 Å². The second kappa shape index (κ2) is 8.60. The van der Waals surface area contributed by atoms with Crippen LogP contribution in [0.3, 0.4) is 0 Å². The summed E-state index contributed by atoms with van der Waals surface area (Å²) in [6.07, 6.45) is 3.87. The number of aryl methyl sites for hydroxylation is 4. The van der Waals surface area contributed by atoms with Gasteiger partial charge in [0.15, 0.2) is 0 Å². The fourth-order valence-corrected chi connectivity index (χ4v) is 6.05. The molecule has 1 heterocycles. The number of carbonyl (C=O) groups is 1. The average Bonchev–Trinajstić information content (AvgIpc) is 3.19. The first-order valence-corrected chi connectivity index (χ1v) is 13.0. The van der Waals surface area contributed by atoms with Crippen LogP contribution in [-0.4, -0.2) is 14.3 Å². The van der Waals surface area contributed by atoms with Gasteiger partial charge < -0.3 is 4.42 Å². The summed E-state index contributed by atoms with van der Waals surface area (Å²) in [7, 11) is -4.23. The Bertz CT molecular complexity index is 1520. The van der Waals surface area contributed by atoms with Crippen LogP contribution in [0.2, 0.25) is 5.02 Å². The van der Waals surface area contributed by atoms with Gasteiger partial charge in [-0.15, -0.1) is 0 Å². The molecule has 1 aliphatic carbocycles. The Kier molecular flexibility index (Phi) is 5.74. The van der Waals surface area contributed by atoms with Gasteiger partial charge in [-0.05, 0) is 87.2 Å². The summed E-state index contributed by atoms with van der Waals surface area (Å²) in [6.45, 7) is 3.65. The molecule has 1 aliphatic rings. The van der Waals surface area contributed by atoms with E-state index in [1.807, 2.05) is 6.92 Å². The molecule has 1 amide bonds. The minimum atomic E-state index is -4.23. The maximum atomic E-state index is 13.9. The summed E-state index contributed by atoms with van der Waals surface area (Å²) in [6, 6.07) is 16.5. The molecule has 0 N–H and O–H groups in total. The van der Waals surface area contributed by atoms with E-state index < -0.39 is 15.9 Å². The monoisotopic (exact) mass is 493 g/mol. The van der Waals surface area contributed by atoms with Crippen molar-refractivity contribution in [3.8, 4) is 0 Å². The van der Waals surface area contributed by atoms with E-state index in [4.69, 9.17) is 16.0 Å². The van der Waals surface area contributed by atoms with Crippen LogP contribution in [0.4, 0.5) is 5.69 Å².